The van der Waals surface area contributed by atoms with Gasteiger partial charge in [-0.05, 0) is 26.0 Å². The number of aliphatic hydroxyl groups is 2. The van der Waals surface area contributed by atoms with Gasteiger partial charge in [0.05, 0.1) is 45.4 Å². The molecule has 0 radical (unpaired) electrons. The summed E-state index contributed by atoms with van der Waals surface area (Å²) in [6.07, 6.45) is -1.97. The van der Waals surface area contributed by atoms with E-state index in [9.17, 15) is 40.9 Å². The van der Waals surface area contributed by atoms with Crippen molar-refractivity contribution in [2.24, 2.45) is 0 Å². The SMILES string of the molecule is CC(O)c1ccc(O)c2nc3cc(O)c(-c4c(O)cc5nc6c(O)ccc(C(C)O)c6nc5c4O)c(O)c3nc12. The molecule has 12 heteroatoms. The second-order valence-electron chi connectivity index (χ2n) is 9.52. The first-order chi connectivity index (χ1) is 19.0. The molecular weight excluding hydrogens is 520 g/mol. The van der Waals surface area contributed by atoms with Crippen LogP contribution in [0.4, 0.5) is 0 Å². The van der Waals surface area contributed by atoms with E-state index >= 15 is 0 Å². The summed E-state index contributed by atoms with van der Waals surface area (Å²) >= 11 is 0. The van der Waals surface area contributed by atoms with Crippen molar-refractivity contribution >= 4 is 44.1 Å². The summed E-state index contributed by atoms with van der Waals surface area (Å²) in [7, 11) is 0. The van der Waals surface area contributed by atoms with Crippen LogP contribution in [-0.2, 0) is 0 Å². The largest absolute Gasteiger partial charge is 0.507 e. The van der Waals surface area contributed by atoms with Crippen LogP contribution in [0.15, 0.2) is 36.4 Å². The fraction of sp³-hybridized carbons (Fsp3) is 0.143. The molecule has 0 saturated carbocycles. The second kappa shape index (κ2) is 8.66. The molecule has 0 fully saturated rings. The Bertz CT molecular complexity index is 1900. The summed E-state index contributed by atoms with van der Waals surface area (Å²) in [5.74, 6) is -2.91. The lowest BCUT2D eigenvalue weighted by Crippen LogP contribution is -1.99. The third kappa shape index (κ3) is 3.54. The van der Waals surface area contributed by atoms with Crippen LogP contribution in [0.3, 0.4) is 0 Å². The Balaban J connectivity index is 1.69. The standard InChI is InChI=1S/C28H22N4O8/c1-9(33)11-3-5-15(35)25-21(11)31-23-13(29-25)7-17(37)19(27(23)39)20-18(38)8-14-24(28(20)40)32-22-12(10(2)34)4-6-16(36)26(22)30-14/h3-10,33-40H,1-2H3. The molecule has 0 aliphatic heterocycles. The van der Waals surface area contributed by atoms with Crippen molar-refractivity contribution in [2.75, 3.05) is 0 Å². The predicted octanol–water partition coefficient (Wildman–Crippen LogP) is 3.89. The lowest BCUT2D eigenvalue weighted by atomic mass is 9.98. The van der Waals surface area contributed by atoms with Gasteiger partial charge in [-0.15, -0.1) is 0 Å². The Hall–Kier alpha value is -5.20. The van der Waals surface area contributed by atoms with Crippen LogP contribution in [0.1, 0.15) is 37.2 Å². The highest BCUT2D eigenvalue weighted by Crippen LogP contribution is 2.51. The summed E-state index contributed by atoms with van der Waals surface area (Å²) < 4.78 is 0. The van der Waals surface area contributed by atoms with Gasteiger partial charge in [0.2, 0.25) is 0 Å². The van der Waals surface area contributed by atoms with E-state index in [1.165, 1.54) is 38.1 Å². The van der Waals surface area contributed by atoms with Crippen LogP contribution in [0.25, 0.3) is 55.3 Å². The number of hydrogen-bond acceptors (Lipinski definition) is 12. The lowest BCUT2D eigenvalue weighted by molar-refractivity contribution is 0.200. The summed E-state index contributed by atoms with van der Waals surface area (Å²) in [6, 6.07) is 7.90. The molecule has 2 unspecified atom stereocenters. The van der Waals surface area contributed by atoms with Gasteiger partial charge < -0.3 is 40.9 Å². The quantitative estimate of drug-likeness (QED) is 0.150. The molecule has 12 nitrogen and oxygen atoms in total. The number of aromatic hydroxyl groups is 6. The Kier molecular flexibility index (Phi) is 5.43. The molecule has 4 aromatic carbocycles. The first kappa shape index (κ1) is 25.1. The van der Waals surface area contributed by atoms with Crippen LogP contribution < -0.4 is 0 Å². The molecule has 0 saturated heterocycles. The van der Waals surface area contributed by atoms with E-state index in [-0.39, 0.29) is 66.8 Å². The fourth-order valence-electron chi connectivity index (χ4n) is 4.91. The summed E-state index contributed by atoms with van der Waals surface area (Å²) in [6.45, 7) is 3.00. The Morgan fingerprint density at radius 1 is 0.475 bits per heavy atom. The third-order valence-electron chi connectivity index (χ3n) is 6.85. The highest BCUT2D eigenvalue weighted by molar-refractivity contribution is 6.04. The van der Waals surface area contributed by atoms with Crippen molar-refractivity contribution in [1.82, 2.24) is 19.9 Å². The van der Waals surface area contributed by atoms with Crippen molar-refractivity contribution in [2.45, 2.75) is 26.1 Å². The van der Waals surface area contributed by atoms with Gasteiger partial charge in [-0.25, -0.2) is 19.9 Å². The Morgan fingerprint density at radius 3 is 1.20 bits per heavy atom. The van der Waals surface area contributed by atoms with E-state index in [2.05, 4.69) is 19.9 Å². The molecule has 2 aromatic heterocycles. The zero-order chi connectivity index (χ0) is 28.6. The zero-order valence-corrected chi connectivity index (χ0v) is 21.0. The first-order valence-corrected chi connectivity index (χ1v) is 12.1. The van der Waals surface area contributed by atoms with Crippen LogP contribution in [0.5, 0.6) is 34.5 Å². The number of benzene rings is 4. The minimum Gasteiger partial charge on any atom is -0.507 e. The summed E-state index contributed by atoms with van der Waals surface area (Å²) in [4.78, 5) is 17.4. The van der Waals surface area contributed by atoms with Crippen molar-refractivity contribution in [3.05, 3.63) is 47.5 Å². The van der Waals surface area contributed by atoms with Crippen molar-refractivity contribution in [3.63, 3.8) is 0 Å². The average Bonchev–Trinajstić information content (AvgIpc) is 2.89. The molecule has 8 N–H and O–H groups in total. The molecule has 6 rings (SSSR count). The number of hydrogen-bond donors (Lipinski definition) is 8. The van der Waals surface area contributed by atoms with E-state index in [1.54, 1.807) is 0 Å². The molecule has 0 amide bonds. The minimum atomic E-state index is -0.985. The van der Waals surface area contributed by atoms with Gasteiger partial charge in [-0.1, -0.05) is 12.1 Å². The minimum absolute atomic E-state index is 0.00750. The molecule has 202 valence electrons. The van der Waals surface area contributed by atoms with Gasteiger partial charge in [0.15, 0.2) is 11.5 Å². The molecule has 6 aromatic rings. The summed E-state index contributed by atoms with van der Waals surface area (Å²) in [5.41, 5.74) is -0.140. The van der Waals surface area contributed by atoms with Gasteiger partial charge in [-0.3, -0.25) is 0 Å². The molecule has 0 spiro atoms. The zero-order valence-electron chi connectivity index (χ0n) is 21.0. The van der Waals surface area contributed by atoms with Crippen LogP contribution in [0, 0.1) is 0 Å². The van der Waals surface area contributed by atoms with Crippen LogP contribution in [-0.4, -0.2) is 60.8 Å². The van der Waals surface area contributed by atoms with Crippen LogP contribution >= 0.6 is 0 Å². The van der Waals surface area contributed by atoms with Gasteiger partial charge in [-0.2, -0.15) is 0 Å². The third-order valence-corrected chi connectivity index (χ3v) is 6.85. The van der Waals surface area contributed by atoms with Gasteiger partial charge >= 0.3 is 0 Å². The fourth-order valence-corrected chi connectivity index (χ4v) is 4.91. The topological polar surface area (TPSA) is 213 Å². The maximum absolute atomic E-state index is 11.3. The number of fused-ring (bicyclic) bond motifs is 4. The lowest BCUT2D eigenvalue weighted by Gasteiger charge is -2.16. The van der Waals surface area contributed by atoms with E-state index in [0.717, 1.165) is 12.1 Å². The van der Waals surface area contributed by atoms with Crippen molar-refractivity contribution < 1.29 is 40.9 Å². The number of phenolic OH excluding ortho intramolecular Hbond substituents is 6. The molecule has 2 heterocycles. The number of aliphatic hydroxyl groups excluding tert-OH is 2. The van der Waals surface area contributed by atoms with Crippen molar-refractivity contribution in [1.29, 1.82) is 0 Å². The van der Waals surface area contributed by atoms with E-state index in [4.69, 9.17) is 0 Å². The second-order valence-corrected chi connectivity index (χ2v) is 9.52. The molecule has 0 bridgehead atoms. The maximum Gasteiger partial charge on any atom is 0.155 e. The Labute approximate surface area is 224 Å². The number of rotatable bonds is 3. The normalized spacial score (nSPS) is 13.4. The number of nitrogens with zero attached hydrogens (tertiary/aromatic N) is 4. The van der Waals surface area contributed by atoms with Gasteiger partial charge in [0.1, 0.15) is 45.1 Å². The molecule has 40 heavy (non-hydrogen) atoms. The maximum atomic E-state index is 11.3. The highest BCUT2D eigenvalue weighted by atomic mass is 16.3. The highest BCUT2D eigenvalue weighted by Gasteiger charge is 2.26. The van der Waals surface area contributed by atoms with Crippen LogP contribution in [0.2, 0.25) is 0 Å². The van der Waals surface area contributed by atoms with E-state index < -0.39 is 35.2 Å². The molecular formula is C28H22N4O8. The first-order valence-electron chi connectivity index (χ1n) is 12.1. The number of phenols is 6. The van der Waals surface area contributed by atoms with E-state index in [0.29, 0.717) is 11.1 Å². The molecule has 2 atom stereocenters. The van der Waals surface area contributed by atoms with Gasteiger partial charge in [0.25, 0.3) is 0 Å². The van der Waals surface area contributed by atoms with Crippen molar-refractivity contribution in [3.8, 4) is 45.6 Å². The average molecular weight is 543 g/mol. The molecule has 0 aliphatic carbocycles. The monoisotopic (exact) mass is 542 g/mol. The molecule has 0 aliphatic rings. The predicted molar refractivity (Wildman–Crippen MR) is 144 cm³/mol. The summed E-state index contributed by atoms with van der Waals surface area (Å²) in [5, 5.41) is 85.4. The van der Waals surface area contributed by atoms with E-state index in [1.807, 2.05) is 0 Å². The smallest absolute Gasteiger partial charge is 0.155 e. The van der Waals surface area contributed by atoms with Gasteiger partial charge in [0, 0.05) is 23.3 Å². The number of aromatic nitrogens is 4. The Morgan fingerprint density at radius 2 is 0.850 bits per heavy atom.